The Bertz CT molecular complexity index is 466. The summed E-state index contributed by atoms with van der Waals surface area (Å²) in [6.45, 7) is 9.00. The average Bonchev–Trinajstić information content (AvgIpc) is 2.35. The van der Waals surface area contributed by atoms with E-state index in [0.29, 0.717) is 12.0 Å². The normalized spacial score (nSPS) is 21.1. The summed E-state index contributed by atoms with van der Waals surface area (Å²) in [4.78, 5) is 0. The largest absolute Gasteiger partial charge is 0.493 e. The van der Waals surface area contributed by atoms with Crippen molar-refractivity contribution in [1.82, 2.24) is 5.32 Å². The molecule has 0 saturated heterocycles. The van der Waals surface area contributed by atoms with Gasteiger partial charge < -0.3 is 14.8 Å². The maximum Gasteiger partial charge on any atom is 0.161 e. The molecule has 0 radical (unpaired) electrons. The van der Waals surface area contributed by atoms with Crippen LogP contribution >= 0.6 is 0 Å². The monoisotopic (exact) mass is 263 g/mol. The van der Waals surface area contributed by atoms with Crippen LogP contribution < -0.4 is 14.8 Å². The lowest BCUT2D eigenvalue weighted by molar-refractivity contribution is 0.263. The molecular weight excluding hydrogens is 238 g/mol. The third kappa shape index (κ3) is 2.71. The molecule has 0 bridgehead atoms. The minimum atomic E-state index is 0.113. The molecule has 1 aliphatic heterocycles. The van der Waals surface area contributed by atoms with Gasteiger partial charge in [0.05, 0.1) is 14.2 Å². The van der Waals surface area contributed by atoms with Crippen molar-refractivity contribution in [2.75, 3.05) is 14.2 Å². The molecule has 0 fully saturated rings. The SMILES string of the molecule is COc1cc2c(cc1OC)C(C(C)C)NC(C)(C)C2. The van der Waals surface area contributed by atoms with Crippen molar-refractivity contribution in [2.45, 2.75) is 45.7 Å². The summed E-state index contributed by atoms with van der Waals surface area (Å²) in [6, 6.07) is 4.62. The third-order valence-corrected chi connectivity index (χ3v) is 3.83. The molecule has 1 unspecified atom stereocenters. The van der Waals surface area contributed by atoms with E-state index in [0.717, 1.165) is 17.9 Å². The van der Waals surface area contributed by atoms with Gasteiger partial charge in [-0.1, -0.05) is 13.8 Å². The first kappa shape index (κ1) is 14.2. The Balaban J connectivity index is 2.54. The van der Waals surface area contributed by atoms with E-state index in [-0.39, 0.29) is 5.54 Å². The van der Waals surface area contributed by atoms with Crippen molar-refractivity contribution in [3.8, 4) is 11.5 Å². The van der Waals surface area contributed by atoms with Crippen molar-refractivity contribution >= 4 is 0 Å². The number of benzene rings is 1. The van der Waals surface area contributed by atoms with Crippen LogP contribution in [0.3, 0.4) is 0 Å². The molecule has 1 aromatic rings. The Kier molecular flexibility index (Phi) is 3.77. The van der Waals surface area contributed by atoms with E-state index in [1.807, 2.05) is 0 Å². The first-order valence-corrected chi connectivity index (χ1v) is 6.90. The smallest absolute Gasteiger partial charge is 0.161 e. The van der Waals surface area contributed by atoms with Gasteiger partial charge in [0.25, 0.3) is 0 Å². The average molecular weight is 263 g/mol. The van der Waals surface area contributed by atoms with E-state index >= 15 is 0 Å². The second kappa shape index (κ2) is 5.04. The number of nitrogens with one attached hydrogen (secondary N) is 1. The standard InChI is InChI=1S/C16H25NO2/c1-10(2)15-12-8-14(19-6)13(18-5)7-11(12)9-16(3,4)17-15/h7-8,10,15,17H,9H2,1-6H3. The molecule has 3 heteroatoms. The van der Waals surface area contributed by atoms with Crippen LogP contribution in [0, 0.1) is 5.92 Å². The van der Waals surface area contributed by atoms with Crippen molar-refractivity contribution in [3.05, 3.63) is 23.3 Å². The highest BCUT2D eigenvalue weighted by atomic mass is 16.5. The van der Waals surface area contributed by atoms with E-state index in [1.165, 1.54) is 11.1 Å². The zero-order chi connectivity index (χ0) is 14.2. The maximum atomic E-state index is 5.43. The van der Waals surface area contributed by atoms with E-state index < -0.39 is 0 Å². The number of fused-ring (bicyclic) bond motifs is 1. The summed E-state index contributed by atoms with van der Waals surface area (Å²) in [5.74, 6) is 2.17. The second-order valence-corrected chi connectivity index (χ2v) is 6.33. The second-order valence-electron chi connectivity index (χ2n) is 6.33. The van der Waals surface area contributed by atoms with Gasteiger partial charge in [-0.3, -0.25) is 0 Å². The van der Waals surface area contributed by atoms with Gasteiger partial charge in [0.2, 0.25) is 0 Å². The van der Waals surface area contributed by atoms with Gasteiger partial charge in [-0.05, 0) is 49.4 Å². The molecule has 19 heavy (non-hydrogen) atoms. The quantitative estimate of drug-likeness (QED) is 0.907. The van der Waals surface area contributed by atoms with E-state index in [4.69, 9.17) is 9.47 Å². The Morgan fingerprint density at radius 2 is 1.74 bits per heavy atom. The van der Waals surface area contributed by atoms with E-state index in [9.17, 15) is 0 Å². The predicted octanol–water partition coefficient (Wildman–Crippen LogP) is 3.33. The van der Waals surface area contributed by atoms with Crippen LogP contribution in [0.25, 0.3) is 0 Å². The van der Waals surface area contributed by atoms with Crippen LogP contribution in [0.4, 0.5) is 0 Å². The maximum absolute atomic E-state index is 5.43. The van der Waals surface area contributed by atoms with E-state index in [2.05, 4.69) is 45.1 Å². The van der Waals surface area contributed by atoms with Gasteiger partial charge >= 0.3 is 0 Å². The molecule has 1 N–H and O–H groups in total. The lowest BCUT2D eigenvalue weighted by Crippen LogP contribution is -2.48. The molecule has 1 heterocycles. The Labute approximate surface area is 116 Å². The number of hydrogen-bond acceptors (Lipinski definition) is 3. The summed E-state index contributed by atoms with van der Waals surface area (Å²) in [5, 5.41) is 3.74. The minimum Gasteiger partial charge on any atom is -0.493 e. The van der Waals surface area contributed by atoms with Crippen LogP contribution in [-0.4, -0.2) is 19.8 Å². The van der Waals surface area contributed by atoms with Gasteiger partial charge in [0, 0.05) is 11.6 Å². The van der Waals surface area contributed by atoms with Crippen LogP contribution in [0.15, 0.2) is 12.1 Å². The fraction of sp³-hybridized carbons (Fsp3) is 0.625. The summed E-state index contributed by atoms with van der Waals surface area (Å²) in [6.07, 6.45) is 1.01. The van der Waals surface area contributed by atoms with E-state index in [1.54, 1.807) is 14.2 Å². The summed E-state index contributed by atoms with van der Waals surface area (Å²) >= 11 is 0. The fourth-order valence-corrected chi connectivity index (χ4v) is 2.93. The van der Waals surface area contributed by atoms with Gasteiger partial charge in [0.1, 0.15) is 0 Å². The summed E-state index contributed by atoms with van der Waals surface area (Å²) in [5.41, 5.74) is 2.81. The number of rotatable bonds is 3. The first-order chi connectivity index (χ1) is 8.88. The van der Waals surface area contributed by atoms with Crippen molar-refractivity contribution in [2.24, 2.45) is 5.92 Å². The Hall–Kier alpha value is -1.22. The van der Waals surface area contributed by atoms with Crippen LogP contribution in [0.5, 0.6) is 11.5 Å². The molecule has 0 saturated carbocycles. The zero-order valence-electron chi connectivity index (χ0n) is 12.8. The fourth-order valence-electron chi connectivity index (χ4n) is 2.93. The molecule has 0 aliphatic carbocycles. The molecule has 1 aliphatic rings. The van der Waals surface area contributed by atoms with Gasteiger partial charge in [-0.2, -0.15) is 0 Å². The first-order valence-electron chi connectivity index (χ1n) is 6.90. The molecule has 106 valence electrons. The van der Waals surface area contributed by atoms with Crippen molar-refractivity contribution in [1.29, 1.82) is 0 Å². The summed E-state index contributed by atoms with van der Waals surface area (Å²) < 4.78 is 10.9. The molecule has 0 spiro atoms. The highest BCUT2D eigenvalue weighted by Crippen LogP contribution is 2.40. The molecule has 0 aromatic heterocycles. The van der Waals surface area contributed by atoms with Crippen molar-refractivity contribution in [3.63, 3.8) is 0 Å². The van der Waals surface area contributed by atoms with Gasteiger partial charge in [0.15, 0.2) is 11.5 Å². The molecular formula is C16H25NO2. The molecule has 0 amide bonds. The Morgan fingerprint density at radius 3 is 2.26 bits per heavy atom. The molecule has 2 rings (SSSR count). The van der Waals surface area contributed by atoms with Crippen LogP contribution in [-0.2, 0) is 6.42 Å². The zero-order valence-corrected chi connectivity index (χ0v) is 12.8. The minimum absolute atomic E-state index is 0.113. The molecule has 3 nitrogen and oxygen atoms in total. The van der Waals surface area contributed by atoms with Crippen LogP contribution in [0.1, 0.15) is 44.9 Å². The summed E-state index contributed by atoms with van der Waals surface area (Å²) in [7, 11) is 3.38. The molecule has 1 atom stereocenters. The third-order valence-electron chi connectivity index (χ3n) is 3.83. The van der Waals surface area contributed by atoms with Gasteiger partial charge in [-0.15, -0.1) is 0 Å². The highest BCUT2D eigenvalue weighted by molar-refractivity contribution is 5.50. The lowest BCUT2D eigenvalue weighted by Gasteiger charge is -2.41. The number of ether oxygens (including phenoxy) is 2. The number of methoxy groups -OCH3 is 2. The van der Waals surface area contributed by atoms with Gasteiger partial charge in [-0.25, -0.2) is 0 Å². The predicted molar refractivity (Wildman–Crippen MR) is 78.0 cm³/mol. The van der Waals surface area contributed by atoms with Crippen LogP contribution in [0.2, 0.25) is 0 Å². The number of hydrogen-bond donors (Lipinski definition) is 1. The highest BCUT2D eigenvalue weighted by Gasteiger charge is 2.33. The lowest BCUT2D eigenvalue weighted by atomic mass is 9.80. The topological polar surface area (TPSA) is 30.5 Å². The molecule has 1 aromatic carbocycles. The van der Waals surface area contributed by atoms with Crippen molar-refractivity contribution < 1.29 is 9.47 Å². The Morgan fingerprint density at radius 1 is 1.16 bits per heavy atom.